The molecule has 2 aromatic heterocycles. The Morgan fingerprint density at radius 2 is 1.97 bits per heavy atom. The smallest absolute Gasteiger partial charge is 0.219 e. The maximum atomic E-state index is 6.15. The van der Waals surface area contributed by atoms with Gasteiger partial charge in [0.05, 0.1) is 25.3 Å². The van der Waals surface area contributed by atoms with Gasteiger partial charge < -0.3 is 19.5 Å². The quantitative estimate of drug-likeness (QED) is 0.567. The Morgan fingerprint density at radius 3 is 2.74 bits per heavy atom. The van der Waals surface area contributed by atoms with Crippen molar-refractivity contribution in [2.75, 3.05) is 26.1 Å². The number of hydrogen-bond acceptors (Lipinski definition) is 6. The van der Waals surface area contributed by atoms with Crippen LogP contribution >= 0.6 is 0 Å². The van der Waals surface area contributed by atoms with Crippen LogP contribution in [0, 0.1) is 11.8 Å². The molecule has 0 aliphatic heterocycles. The maximum Gasteiger partial charge on any atom is 0.219 e. The van der Waals surface area contributed by atoms with Crippen molar-refractivity contribution in [1.29, 1.82) is 0 Å². The Balaban J connectivity index is 1.52. The zero-order valence-electron chi connectivity index (χ0n) is 18.4. The molecule has 1 aromatic carbocycles. The first-order valence-corrected chi connectivity index (χ1v) is 11.0. The lowest BCUT2D eigenvalue weighted by Crippen LogP contribution is -2.08. The number of rotatable bonds is 8. The molecule has 0 saturated heterocycles. The lowest BCUT2D eigenvalue weighted by Gasteiger charge is -2.17. The van der Waals surface area contributed by atoms with Gasteiger partial charge in [-0.25, -0.2) is 4.98 Å². The molecule has 2 heterocycles. The van der Waals surface area contributed by atoms with Crippen LogP contribution in [0.4, 0.5) is 5.69 Å². The van der Waals surface area contributed by atoms with E-state index in [1.165, 1.54) is 29.8 Å². The molecule has 5 rings (SSSR count). The molecule has 1 unspecified atom stereocenters. The highest BCUT2D eigenvalue weighted by Gasteiger charge is 2.27. The predicted molar refractivity (Wildman–Crippen MR) is 121 cm³/mol. The van der Waals surface area contributed by atoms with Gasteiger partial charge in [-0.15, -0.1) is 0 Å². The van der Waals surface area contributed by atoms with Gasteiger partial charge in [0.2, 0.25) is 5.88 Å². The van der Waals surface area contributed by atoms with Crippen molar-refractivity contribution >= 4 is 16.6 Å². The third-order valence-electron chi connectivity index (χ3n) is 6.24. The Morgan fingerprint density at radius 1 is 1.10 bits per heavy atom. The molecule has 3 aromatic rings. The van der Waals surface area contributed by atoms with Gasteiger partial charge in [0.25, 0.3) is 0 Å². The number of hydrogen-bond donors (Lipinski definition) is 1. The molecule has 1 saturated carbocycles. The molecule has 2 aliphatic carbocycles. The minimum absolute atomic E-state index is 0.341. The Hall–Kier alpha value is -3.02. The van der Waals surface area contributed by atoms with E-state index in [0.717, 1.165) is 41.8 Å². The molecule has 0 radical (unpaired) electrons. The predicted octanol–water partition coefficient (Wildman–Crippen LogP) is 4.78. The summed E-state index contributed by atoms with van der Waals surface area (Å²) in [5.41, 5.74) is 5.64. The minimum Gasteiger partial charge on any atom is -0.493 e. The zero-order valence-corrected chi connectivity index (χ0v) is 18.4. The number of aromatic nitrogens is 2. The standard InChI is InChI=1S/C25H29N3O3/c1-15-9-18-20(10-15)28-21-12-23(31-14-17-5-4-8-26-25(17)30-3)22(29-2)11-19(21)24(18)27-13-16-6-7-16/h4-5,8,11-12,15-16H,6-7,9-10,13-14H2,1-3H3,(H,27,28). The fourth-order valence-corrected chi connectivity index (χ4v) is 4.42. The van der Waals surface area contributed by atoms with Crippen molar-refractivity contribution in [3.8, 4) is 17.4 Å². The van der Waals surface area contributed by atoms with E-state index in [4.69, 9.17) is 19.2 Å². The number of ether oxygens (including phenoxy) is 3. The van der Waals surface area contributed by atoms with Gasteiger partial charge in [0, 0.05) is 35.6 Å². The molecule has 1 fully saturated rings. The first kappa shape index (κ1) is 19.9. The fourth-order valence-electron chi connectivity index (χ4n) is 4.42. The summed E-state index contributed by atoms with van der Waals surface area (Å²) in [6, 6.07) is 7.90. The Bertz CT molecular complexity index is 1110. The lowest BCUT2D eigenvalue weighted by molar-refractivity contribution is 0.276. The summed E-state index contributed by atoms with van der Waals surface area (Å²) in [4.78, 5) is 9.27. The molecular weight excluding hydrogens is 390 g/mol. The van der Waals surface area contributed by atoms with Crippen LogP contribution in [0.1, 0.15) is 36.6 Å². The number of anilines is 1. The number of nitrogens with zero attached hydrogens (tertiary/aromatic N) is 2. The van der Waals surface area contributed by atoms with Gasteiger partial charge >= 0.3 is 0 Å². The molecule has 0 spiro atoms. The molecule has 6 nitrogen and oxygen atoms in total. The maximum absolute atomic E-state index is 6.15. The first-order chi connectivity index (χ1) is 15.2. The Labute approximate surface area is 183 Å². The number of nitrogens with one attached hydrogen (secondary N) is 1. The summed E-state index contributed by atoms with van der Waals surface area (Å²) in [6.45, 7) is 3.67. The topological polar surface area (TPSA) is 65.5 Å². The van der Waals surface area contributed by atoms with E-state index in [0.29, 0.717) is 29.9 Å². The molecule has 31 heavy (non-hydrogen) atoms. The largest absolute Gasteiger partial charge is 0.493 e. The van der Waals surface area contributed by atoms with Crippen LogP contribution in [-0.4, -0.2) is 30.7 Å². The monoisotopic (exact) mass is 419 g/mol. The summed E-state index contributed by atoms with van der Waals surface area (Å²) >= 11 is 0. The van der Waals surface area contributed by atoms with E-state index >= 15 is 0 Å². The van der Waals surface area contributed by atoms with E-state index in [-0.39, 0.29) is 0 Å². The van der Waals surface area contributed by atoms with Crippen LogP contribution in [-0.2, 0) is 19.4 Å². The van der Waals surface area contributed by atoms with Crippen molar-refractivity contribution < 1.29 is 14.2 Å². The van der Waals surface area contributed by atoms with Gasteiger partial charge in [0.15, 0.2) is 11.5 Å². The van der Waals surface area contributed by atoms with Crippen molar-refractivity contribution in [1.82, 2.24) is 9.97 Å². The Kier molecular flexibility index (Phi) is 5.30. The van der Waals surface area contributed by atoms with Crippen LogP contribution in [0.15, 0.2) is 30.5 Å². The highest BCUT2D eigenvalue weighted by molar-refractivity contribution is 5.96. The van der Waals surface area contributed by atoms with Gasteiger partial charge in [-0.05, 0) is 61.3 Å². The fraction of sp³-hybridized carbons (Fsp3) is 0.440. The van der Waals surface area contributed by atoms with Crippen molar-refractivity contribution in [3.05, 3.63) is 47.3 Å². The molecule has 162 valence electrons. The second-order valence-electron chi connectivity index (χ2n) is 8.73. The SMILES string of the molecule is COc1cc2c(NCC3CC3)c3c(nc2cc1OCc1cccnc1OC)CC(C)C3. The van der Waals surface area contributed by atoms with Crippen molar-refractivity contribution in [2.45, 2.75) is 39.2 Å². The van der Waals surface area contributed by atoms with E-state index < -0.39 is 0 Å². The van der Waals surface area contributed by atoms with Gasteiger partial charge in [-0.3, -0.25) is 4.98 Å². The third-order valence-corrected chi connectivity index (χ3v) is 6.24. The molecular formula is C25H29N3O3. The number of methoxy groups -OCH3 is 2. The molecule has 0 bridgehead atoms. The zero-order chi connectivity index (χ0) is 21.4. The normalized spacial score (nSPS) is 17.5. The summed E-state index contributed by atoms with van der Waals surface area (Å²) in [5.74, 6) is 3.37. The summed E-state index contributed by atoms with van der Waals surface area (Å²) in [5, 5.41) is 4.86. The third kappa shape index (κ3) is 3.99. The average molecular weight is 420 g/mol. The van der Waals surface area contributed by atoms with Crippen LogP contribution in [0.25, 0.3) is 10.9 Å². The first-order valence-electron chi connectivity index (χ1n) is 11.0. The second kappa shape index (κ2) is 8.25. The summed E-state index contributed by atoms with van der Waals surface area (Å²) in [6.07, 6.45) is 6.47. The molecule has 1 N–H and O–H groups in total. The average Bonchev–Trinajstić information content (AvgIpc) is 3.54. The van der Waals surface area contributed by atoms with Crippen LogP contribution < -0.4 is 19.5 Å². The van der Waals surface area contributed by atoms with E-state index in [1.54, 1.807) is 20.4 Å². The second-order valence-corrected chi connectivity index (χ2v) is 8.73. The molecule has 2 aliphatic rings. The van der Waals surface area contributed by atoms with Crippen LogP contribution in [0.3, 0.4) is 0 Å². The number of fused-ring (bicyclic) bond motifs is 2. The number of benzene rings is 1. The minimum atomic E-state index is 0.341. The van der Waals surface area contributed by atoms with Gasteiger partial charge in [0.1, 0.15) is 6.61 Å². The van der Waals surface area contributed by atoms with E-state index in [1.807, 2.05) is 18.2 Å². The van der Waals surface area contributed by atoms with E-state index in [9.17, 15) is 0 Å². The van der Waals surface area contributed by atoms with Crippen molar-refractivity contribution in [3.63, 3.8) is 0 Å². The lowest BCUT2D eigenvalue weighted by atomic mass is 10.0. The molecule has 1 atom stereocenters. The van der Waals surface area contributed by atoms with Gasteiger partial charge in [-0.1, -0.05) is 6.92 Å². The summed E-state index contributed by atoms with van der Waals surface area (Å²) < 4.78 is 17.2. The highest BCUT2D eigenvalue weighted by atomic mass is 16.5. The van der Waals surface area contributed by atoms with Crippen molar-refractivity contribution in [2.24, 2.45) is 11.8 Å². The summed E-state index contributed by atoms with van der Waals surface area (Å²) in [7, 11) is 3.29. The van der Waals surface area contributed by atoms with Crippen LogP contribution in [0.2, 0.25) is 0 Å². The molecule has 0 amide bonds. The van der Waals surface area contributed by atoms with E-state index in [2.05, 4.69) is 23.3 Å². The number of pyridine rings is 2. The van der Waals surface area contributed by atoms with Crippen LogP contribution in [0.5, 0.6) is 17.4 Å². The molecule has 6 heteroatoms. The highest BCUT2D eigenvalue weighted by Crippen LogP contribution is 2.41. The van der Waals surface area contributed by atoms with Gasteiger partial charge in [-0.2, -0.15) is 0 Å².